The number of likely N-dealkylation sites (tertiary alicyclic amines) is 1. The van der Waals surface area contributed by atoms with Crippen molar-refractivity contribution in [2.75, 3.05) is 35.3 Å². The number of nitrogens with one attached hydrogen (secondary N) is 1. The number of nitrogens with zero attached hydrogens (tertiary/aromatic N) is 5. The summed E-state index contributed by atoms with van der Waals surface area (Å²) in [7, 11) is 2.19. The molecule has 1 fully saturated rings. The van der Waals surface area contributed by atoms with Crippen LogP contribution in [0.1, 0.15) is 84.3 Å². The molecule has 8 heteroatoms. The van der Waals surface area contributed by atoms with Gasteiger partial charge in [-0.25, -0.2) is 18.7 Å². The minimum Gasteiger partial charge on any atom is -0.325 e. The number of para-hydroxylation sites is 1. The highest BCUT2D eigenvalue weighted by molar-refractivity contribution is 5.92. The second-order valence-electron chi connectivity index (χ2n) is 13.5. The molecule has 0 radical (unpaired) electrons. The van der Waals surface area contributed by atoms with Gasteiger partial charge in [-0.15, -0.1) is 0 Å². The number of piperidine rings is 1. The highest BCUT2D eigenvalue weighted by atomic mass is 19.3. The molecule has 1 saturated heterocycles. The summed E-state index contributed by atoms with van der Waals surface area (Å²) in [5.74, 6) is -2.18. The van der Waals surface area contributed by atoms with Gasteiger partial charge in [-0.3, -0.25) is 0 Å². The monoisotopic (exact) mass is 602 g/mol. The number of alkyl halides is 2. The molecule has 1 N–H and O–H groups in total. The van der Waals surface area contributed by atoms with E-state index in [1.54, 1.807) is 19.1 Å². The molecule has 6 rings (SSSR count). The molecule has 3 aliphatic heterocycles. The molecule has 236 valence electrons. The number of aromatic nitrogens is 2. The van der Waals surface area contributed by atoms with Gasteiger partial charge in [0.15, 0.2) is 0 Å². The van der Waals surface area contributed by atoms with Gasteiger partial charge < -0.3 is 20.0 Å². The summed E-state index contributed by atoms with van der Waals surface area (Å²) in [4.78, 5) is 16.1. The predicted octanol–water partition coefficient (Wildman–Crippen LogP) is 9.31. The Bertz CT molecular complexity index is 1520. The maximum Gasteiger partial charge on any atom is 0.277 e. The molecule has 0 amide bonds. The zero-order valence-corrected chi connectivity index (χ0v) is 27.3. The van der Waals surface area contributed by atoms with Gasteiger partial charge in [0, 0.05) is 34.5 Å². The molecule has 1 aromatic carbocycles. The fourth-order valence-corrected chi connectivity index (χ4v) is 6.88. The highest BCUT2D eigenvalue weighted by Gasteiger charge is 2.45. The van der Waals surface area contributed by atoms with E-state index in [-0.39, 0.29) is 22.7 Å². The van der Waals surface area contributed by atoms with Gasteiger partial charge in [0.05, 0.1) is 23.1 Å². The third kappa shape index (κ3) is 6.06. The topological polar surface area (TPSA) is 47.5 Å². The van der Waals surface area contributed by atoms with Crippen molar-refractivity contribution in [2.24, 2.45) is 5.92 Å². The third-order valence-electron chi connectivity index (χ3n) is 9.09. The van der Waals surface area contributed by atoms with Crippen LogP contribution in [-0.2, 0) is 5.92 Å². The first kappa shape index (κ1) is 31.9. The van der Waals surface area contributed by atoms with Crippen molar-refractivity contribution < 1.29 is 8.78 Å². The lowest BCUT2D eigenvalue weighted by Crippen LogP contribution is -2.45. The summed E-state index contributed by atoms with van der Waals surface area (Å²) in [6.45, 7) is 21.1. The number of pyridine rings is 2. The molecule has 0 spiro atoms. The number of fused-ring (bicyclic) bond motifs is 2. The Morgan fingerprint density at radius 3 is 2.43 bits per heavy atom. The second-order valence-corrected chi connectivity index (χ2v) is 13.5. The molecule has 0 saturated carbocycles. The molecule has 2 aromatic heterocycles. The zero-order valence-electron chi connectivity index (χ0n) is 27.3. The average molecular weight is 603 g/mol. The van der Waals surface area contributed by atoms with Crippen LogP contribution in [0.25, 0.3) is 17.0 Å². The number of rotatable bonds is 3. The number of hydrogen-bond acceptors (Lipinski definition) is 6. The summed E-state index contributed by atoms with van der Waals surface area (Å²) in [5.41, 5.74) is 2.56. The van der Waals surface area contributed by atoms with Crippen molar-refractivity contribution in [3.05, 3.63) is 66.6 Å². The van der Waals surface area contributed by atoms with E-state index in [2.05, 4.69) is 72.9 Å². The van der Waals surface area contributed by atoms with E-state index in [4.69, 9.17) is 4.98 Å². The van der Waals surface area contributed by atoms with Crippen LogP contribution in [0.15, 0.2) is 55.5 Å². The lowest BCUT2D eigenvalue weighted by atomic mass is 9.87. The average Bonchev–Trinajstić information content (AvgIpc) is 3.27. The Balaban J connectivity index is 0.000000484. The summed E-state index contributed by atoms with van der Waals surface area (Å²) in [5, 5.41) is 3.94. The van der Waals surface area contributed by atoms with Crippen LogP contribution in [0.5, 0.6) is 0 Å². The Morgan fingerprint density at radius 1 is 1.09 bits per heavy atom. The summed E-state index contributed by atoms with van der Waals surface area (Å²) < 4.78 is 32.6. The molecule has 5 heterocycles. The quantitative estimate of drug-likeness (QED) is 0.322. The standard InChI is InChI=1S/C30H35F2N5.C6H13N/c1-8-11-21-14-18(3)30(31,32)23-13-10-12-22-20(9-2)15-27(35-28(22)23)34-26-16-24-25(17-33-26)37(29(5,6)7)19(4)36(21)24;1-7-5-3-2-4-6-7/h9-10,12-13,15-18,21H,2,4,8,11,14H2,1,3,5-7H3,(H,33,34,35);2-6H2,1H3. The van der Waals surface area contributed by atoms with Gasteiger partial charge in [-0.05, 0) is 78.2 Å². The van der Waals surface area contributed by atoms with Crippen molar-refractivity contribution >= 4 is 40.0 Å². The minimum absolute atomic E-state index is 0.0596. The van der Waals surface area contributed by atoms with Gasteiger partial charge in [-0.1, -0.05) is 64.1 Å². The molecule has 0 aliphatic carbocycles. The Kier molecular flexibility index (Phi) is 9.04. The SMILES string of the molecule is C=Cc1cc2nc3c(cccc13)C(F)(F)C(C)CC(CCC)N1C(=C)N(C(C)(C)C)c3cnc(cc31)N2.CN1CCCCC1. The predicted molar refractivity (Wildman–Crippen MR) is 181 cm³/mol. The number of hydrogen-bond donors (Lipinski definition) is 1. The lowest BCUT2D eigenvalue weighted by Gasteiger charge is -2.39. The van der Waals surface area contributed by atoms with Crippen LogP contribution in [0.2, 0.25) is 0 Å². The number of benzene rings is 1. The molecule has 3 aliphatic rings. The van der Waals surface area contributed by atoms with Crippen molar-refractivity contribution in [3.8, 4) is 0 Å². The van der Waals surface area contributed by atoms with E-state index in [1.807, 2.05) is 24.4 Å². The van der Waals surface area contributed by atoms with Crippen molar-refractivity contribution in [1.82, 2.24) is 14.9 Å². The molecular weight excluding hydrogens is 554 g/mol. The van der Waals surface area contributed by atoms with Crippen molar-refractivity contribution in [1.29, 1.82) is 0 Å². The third-order valence-corrected chi connectivity index (χ3v) is 9.09. The lowest BCUT2D eigenvalue weighted by molar-refractivity contribution is -0.0621. The van der Waals surface area contributed by atoms with Crippen molar-refractivity contribution in [2.45, 2.75) is 90.6 Å². The summed E-state index contributed by atoms with van der Waals surface area (Å²) >= 11 is 0. The largest absolute Gasteiger partial charge is 0.325 e. The minimum atomic E-state index is -3.09. The van der Waals surface area contributed by atoms with Crippen LogP contribution in [0.4, 0.5) is 31.8 Å². The molecular formula is C36H48F2N6. The van der Waals surface area contributed by atoms with Gasteiger partial charge in [0.1, 0.15) is 17.5 Å². The number of halogens is 2. The van der Waals surface area contributed by atoms with E-state index in [1.165, 1.54) is 38.4 Å². The van der Waals surface area contributed by atoms with E-state index >= 15 is 8.78 Å². The Labute approximate surface area is 261 Å². The van der Waals surface area contributed by atoms with Gasteiger partial charge >= 0.3 is 0 Å². The van der Waals surface area contributed by atoms with E-state index in [0.29, 0.717) is 23.4 Å². The molecule has 2 unspecified atom stereocenters. The normalized spacial score (nSPS) is 21.6. The summed E-state index contributed by atoms with van der Waals surface area (Å²) in [6, 6.07) is 8.67. The van der Waals surface area contributed by atoms with E-state index in [0.717, 1.165) is 35.6 Å². The summed E-state index contributed by atoms with van der Waals surface area (Å²) in [6.07, 6.45) is 9.73. The Hall–Kier alpha value is -3.52. The molecule has 44 heavy (non-hydrogen) atoms. The van der Waals surface area contributed by atoms with E-state index in [9.17, 15) is 0 Å². The second kappa shape index (κ2) is 12.5. The van der Waals surface area contributed by atoms with Crippen molar-refractivity contribution in [3.63, 3.8) is 0 Å². The Morgan fingerprint density at radius 2 is 1.82 bits per heavy atom. The molecule has 4 bridgehead atoms. The first-order valence-electron chi connectivity index (χ1n) is 16.0. The fraction of sp³-hybridized carbons (Fsp3) is 0.500. The fourth-order valence-electron chi connectivity index (χ4n) is 6.88. The van der Waals surface area contributed by atoms with E-state index < -0.39 is 11.8 Å². The molecule has 6 nitrogen and oxygen atoms in total. The first-order chi connectivity index (χ1) is 20.9. The molecule has 2 atom stereocenters. The maximum atomic E-state index is 16.3. The zero-order chi connectivity index (χ0) is 31.8. The number of anilines is 4. The van der Waals surface area contributed by atoms with Crippen LogP contribution < -0.4 is 15.1 Å². The van der Waals surface area contributed by atoms with Gasteiger partial charge in [0.25, 0.3) is 5.92 Å². The van der Waals surface area contributed by atoms with Gasteiger partial charge in [-0.2, -0.15) is 0 Å². The first-order valence-corrected chi connectivity index (χ1v) is 16.0. The van der Waals surface area contributed by atoms with Crippen LogP contribution in [0.3, 0.4) is 0 Å². The maximum absolute atomic E-state index is 16.3. The smallest absolute Gasteiger partial charge is 0.277 e. The van der Waals surface area contributed by atoms with Crippen LogP contribution in [-0.4, -0.2) is 46.6 Å². The molecule has 3 aromatic rings. The highest BCUT2D eigenvalue weighted by Crippen LogP contribution is 2.50. The van der Waals surface area contributed by atoms with Crippen LogP contribution in [0, 0.1) is 5.92 Å². The van der Waals surface area contributed by atoms with Crippen LogP contribution >= 0.6 is 0 Å². The van der Waals surface area contributed by atoms with Gasteiger partial charge in [0.2, 0.25) is 0 Å².